The molecule has 26 heavy (non-hydrogen) atoms. The van der Waals surface area contributed by atoms with Crippen LogP contribution in [0.2, 0.25) is 0 Å². The molecular formula is C21H20N2O3. The fourth-order valence-electron chi connectivity index (χ4n) is 3.10. The number of ether oxygens (including phenoxy) is 1. The summed E-state index contributed by atoms with van der Waals surface area (Å²) in [6, 6.07) is 17.2. The summed E-state index contributed by atoms with van der Waals surface area (Å²) in [5.74, 6) is 0.395. The van der Waals surface area contributed by atoms with Crippen molar-refractivity contribution in [2.75, 3.05) is 0 Å². The van der Waals surface area contributed by atoms with E-state index >= 15 is 0 Å². The van der Waals surface area contributed by atoms with E-state index in [0.717, 1.165) is 18.4 Å². The van der Waals surface area contributed by atoms with Crippen LogP contribution in [0.3, 0.4) is 0 Å². The van der Waals surface area contributed by atoms with Crippen molar-refractivity contribution in [3.05, 3.63) is 76.3 Å². The lowest BCUT2D eigenvalue weighted by Crippen LogP contribution is -2.25. The van der Waals surface area contributed by atoms with Gasteiger partial charge in [0.05, 0.1) is 17.3 Å². The second-order valence-corrected chi connectivity index (χ2v) is 6.60. The maximum Gasteiger partial charge on any atom is 0.306 e. The highest BCUT2D eigenvalue weighted by Gasteiger charge is 2.28. The maximum atomic E-state index is 12.8. The largest absolute Gasteiger partial charge is 0.461 e. The Bertz CT molecular complexity index is 991. The van der Waals surface area contributed by atoms with E-state index in [1.165, 1.54) is 0 Å². The number of carbonyl (C=O) groups excluding carboxylic acids is 1. The molecule has 0 bridgehead atoms. The summed E-state index contributed by atoms with van der Waals surface area (Å²) in [6.45, 7) is 0.264. The second kappa shape index (κ2) is 7.12. The van der Waals surface area contributed by atoms with Crippen LogP contribution in [-0.2, 0) is 22.6 Å². The molecule has 5 heteroatoms. The smallest absolute Gasteiger partial charge is 0.306 e. The topological polar surface area (TPSA) is 61.2 Å². The highest BCUT2D eigenvalue weighted by Crippen LogP contribution is 2.34. The summed E-state index contributed by atoms with van der Waals surface area (Å²) < 4.78 is 7.10. The van der Waals surface area contributed by atoms with E-state index in [1.54, 1.807) is 10.6 Å². The molecule has 1 saturated carbocycles. The molecule has 0 atom stereocenters. The molecule has 1 aliphatic rings. The molecule has 0 aliphatic heterocycles. The Morgan fingerprint density at radius 1 is 1.08 bits per heavy atom. The quantitative estimate of drug-likeness (QED) is 0.641. The first-order valence-electron chi connectivity index (χ1n) is 8.92. The summed E-state index contributed by atoms with van der Waals surface area (Å²) in [4.78, 5) is 29.5. The van der Waals surface area contributed by atoms with E-state index < -0.39 is 0 Å². The van der Waals surface area contributed by atoms with Crippen molar-refractivity contribution >= 4 is 16.9 Å². The van der Waals surface area contributed by atoms with E-state index in [9.17, 15) is 9.59 Å². The molecular weight excluding hydrogens is 328 g/mol. The number of fused-ring (bicyclic) bond motifs is 1. The van der Waals surface area contributed by atoms with E-state index in [1.807, 2.05) is 48.5 Å². The summed E-state index contributed by atoms with van der Waals surface area (Å²) >= 11 is 0. The van der Waals surface area contributed by atoms with Crippen LogP contribution in [0, 0.1) is 0 Å². The SMILES string of the molecule is O=C(CCc1nc2ccccc2c(=O)n1C1CC1)OCc1ccccc1. The minimum Gasteiger partial charge on any atom is -0.461 e. The van der Waals surface area contributed by atoms with Crippen LogP contribution in [0.15, 0.2) is 59.4 Å². The summed E-state index contributed by atoms with van der Waals surface area (Å²) in [5.41, 5.74) is 1.63. The van der Waals surface area contributed by atoms with E-state index in [4.69, 9.17) is 4.74 Å². The van der Waals surface area contributed by atoms with Gasteiger partial charge in [0, 0.05) is 12.5 Å². The fraction of sp³-hybridized carbons (Fsp3) is 0.286. The van der Waals surface area contributed by atoms with Crippen LogP contribution in [0.4, 0.5) is 0 Å². The lowest BCUT2D eigenvalue weighted by molar-refractivity contribution is -0.144. The minimum absolute atomic E-state index is 0.00856. The molecule has 0 spiro atoms. The van der Waals surface area contributed by atoms with Crippen LogP contribution >= 0.6 is 0 Å². The van der Waals surface area contributed by atoms with Crippen molar-refractivity contribution in [2.24, 2.45) is 0 Å². The Labute approximate surface area is 151 Å². The lowest BCUT2D eigenvalue weighted by Gasteiger charge is -2.12. The van der Waals surface area contributed by atoms with Gasteiger partial charge in [-0.2, -0.15) is 0 Å². The van der Waals surface area contributed by atoms with Crippen LogP contribution in [-0.4, -0.2) is 15.5 Å². The third-order valence-corrected chi connectivity index (χ3v) is 4.59. The summed E-state index contributed by atoms with van der Waals surface area (Å²) in [7, 11) is 0. The van der Waals surface area contributed by atoms with E-state index in [-0.39, 0.29) is 30.6 Å². The van der Waals surface area contributed by atoms with Gasteiger partial charge in [0.1, 0.15) is 12.4 Å². The molecule has 0 radical (unpaired) electrons. The first kappa shape index (κ1) is 16.5. The Kier molecular flexibility index (Phi) is 4.52. The third-order valence-electron chi connectivity index (χ3n) is 4.59. The summed E-state index contributed by atoms with van der Waals surface area (Å²) in [6.07, 6.45) is 2.60. The molecule has 0 N–H and O–H groups in total. The number of carbonyl (C=O) groups is 1. The molecule has 1 aromatic heterocycles. The molecule has 0 saturated heterocycles. The number of nitrogens with zero attached hydrogens (tertiary/aromatic N) is 2. The number of aromatic nitrogens is 2. The van der Waals surface area contributed by atoms with Gasteiger partial charge >= 0.3 is 5.97 Å². The Hall–Kier alpha value is -2.95. The molecule has 132 valence electrons. The maximum absolute atomic E-state index is 12.8. The first-order valence-corrected chi connectivity index (χ1v) is 8.92. The molecule has 0 unspecified atom stereocenters. The molecule has 0 amide bonds. The van der Waals surface area contributed by atoms with Gasteiger partial charge in [-0.15, -0.1) is 0 Å². The number of hydrogen-bond acceptors (Lipinski definition) is 4. The number of benzene rings is 2. The monoisotopic (exact) mass is 348 g/mol. The highest BCUT2D eigenvalue weighted by molar-refractivity contribution is 5.77. The summed E-state index contributed by atoms with van der Waals surface area (Å²) in [5, 5.41) is 0.634. The van der Waals surface area contributed by atoms with Gasteiger partial charge < -0.3 is 4.74 Å². The van der Waals surface area contributed by atoms with Crippen molar-refractivity contribution in [3.8, 4) is 0 Å². The standard InChI is InChI=1S/C21H20N2O3/c24-20(26-14-15-6-2-1-3-7-15)13-12-19-22-18-9-5-4-8-17(18)21(25)23(19)16-10-11-16/h1-9,16H,10-14H2. The number of aryl methyl sites for hydroxylation is 1. The van der Waals surface area contributed by atoms with Gasteiger partial charge in [-0.25, -0.2) is 4.98 Å². The normalized spacial score (nSPS) is 13.7. The number of hydrogen-bond donors (Lipinski definition) is 0. The van der Waals surface area contributed by atoms with Gasteiger partial charge in [0.2, 0.25) is 0 Å². The average molecular weight is 348 g/mol. The first-order chi connectivity index (χ1) is 12.7. The minimum atomic E-state index is -0.279. The lowest BCUT2D eigenvalue weighted by atomic mass is 10.2. The predicted molar refractivity (Wildman–Crippen MR) is 98.8 cm³/mol. The van der Waals surface area contributed by atoms with Crippen LogP contribution in [0.25, 0.3) is 10.9 Å². The Morgan fingerprint density at radius 3 is 2.58 bits per heavy atom. The molecule has 4 rings (SSSR count). The van der Waals surface area contributed by atoms with Crippen molar-refractivity contribution in [3.63, 3.8) is 0 Å². The van der Waals surface area contributed by atoms with Gasteiger partial charge in [0.15, 0.2) is 0 Å². The van der Waals surface area contributed by atoms with Crippen molar-refractivity contribution in [2.45, 2.75) is 38.3 Å². The molecule has 3 aromatic rings. The predicted octanol–water partition coefficient (Wildman–Crippen LogP) is 3.41. The van der Waals surface area contributed by atoms with E-state index in [0.29, 0.717) is 23.1 Å². The van der Waals surface area contributed by atoms with Gasteiger partial charge in [-0.3, -0.25) is 14.2 Å². The Balaban J connectivity index is 1.49. The zero-order valence-electron chi connectivity index (χ0n) is 14.4. The van der Waals surface area contributed by atoms with Crippen LogP contribution in [0.1, 0.15) is 36.7 Å². The Morgan fingerprint density at radius 2 is 1.81 bits per heavy atom. The molecule has 2 aromatic carbocycles. The molecule has 5 nitrogen and oxygen atoms in total. The van der Waals surface area contributed by atoms with Gasteiger partial charge in [0.25, 0.3) is 5.56 Å². The van der Waals surface area contributed by atoms with Crippen molar-refractivity contribution < 1.29 is 9.53 Å². The number of rotatable bonds is 6. The highest BCUT2D eigenvalue weighted by atomic mass is 16.5. The second-order valence-electron chi connectivity index (χ2n) is 6.60. The third kappa shape index (κ3) is 3.52. The van der Waals surface area contributed by atoms with Crippen molar-refractivity contribution in [1.29, 1.82) is 0 Å². The average Bonchev–Trinajstić information content (AvgIpc) is 3.50. The van der Waals surface area contributed by atoms with E-state index in [2.05, 4.69) is 4.98 Å². The molecule has 1 heterocycles. The zero-order valence-corrected chi connectivity index (χ0v) is 14.4. The number of para-hydroxylation sites is 1. The van der Waals surface area contributed by atoms with Crippen LogP contribution in [0.5, 0.6) is 0 Å². The van der Waals surface area contributed by atoms with Crippen molar-refractivity contribution in [1.82, 2.24) is 9.55 Å². The molecule has 1 fully saturated rings. The van der Waals surface area contributed by atoms with Gasteiger partial charge in [-0.1, -0.05) is 42.5 Å². The number of esters is 1. The zero-order chi connectivity index (χ0) is 17.9. The van der Waals surface area contributed by atoms with Crippen LogP contribution < -0.4 is 5.56 Å². The van der Waals surface area contributed by atoms with Gasteiger partial charge in [-0.05, 0) is 30.5 Å². The fourth-order valence-corrected chi connectivity index (χ4v) is 3.10. The molecule has 1 aliphatic carbocycles.